The van der Waals surface area contributed by atoms with Gasteiger partial charge in [0.25, 0.3) is 0 Å². The second-order valence-electron chi connectivity index (χ2n) is 9.11. The largest absolute Gasteiger partial charge is 0.322 e. The summed E-state index contributed by atoms with van der Waals surface area (Å²) in [5.41, 5.74) is 9.07. The molecule has 1 rings (SSSR count). The molecule has 178 valence electrons. The fourth-order valence-corrected chi connectivity index (χ4v) is 4.31. The van der Waals surface area contributed by atoms with E-state index in [0.29, 0.717) is 5.56 Å². The number of ketones is 1. The predicted octanol–water partition coefficient (Wildman–Crippen LogP) is 1.82. The van der Waals surface area contributed by atoms with E-state index in [1.807, 2.05) is 27.7 Å². The molecule has 7 N–H and O–H groups in total. The van der Waals surface area contributed by atoms with Crippen LogP contribution in [0.15, 0.2) is 30.6 Å². The Morgan fingerprint density at radius 2 is 1.81 bits per heavy atom. The lowest BCUT2D eigenvalue weighted by molar-refractivity contribution is -0.151. The Morgan fingerprint density at radius 1 is 1.16 bits per heavy atom. The van der Waals surface area contributed by atoms with Crippen molar-refractivity contribution in [2.75, 3.05) is 0 Å². The lowest BCUT2D eigenvalue weighted by atomic mass is 9.60. The van der Waals surface area contributed by atoms with E-state index in [-0.39, 0.29) is 24.7 Å². The highest BCUT2D eigenvalue weighted by Gasteiger charge is 2.53. The number of hydrogen-bond acceptors (Lipinski definition) is 7. The number of nitrogens with two attached hydrogens (primary N) is 2. The van der Waals surface area contributed by atoms with Crippen molar-refractivity contribution in [2.24, 2.45) is 40.7 Å². The molecule has 1 aromatic heterocycles. The van der Waals surface area contributed by atoms with Gasteiger partial charge in [0.2, 0.25) is 11.8 Å². The van der Waals surface area contributed by atoms with E-state index in [2.05, 4.69) is 10.4 Å². The van der Waals surface area contributed by atoms with Gasteiger partial charge in [0, 0.05) is 12.4 Å². The molecular weight excluding hydrogens is 410 g/mol. The first kappa shape index (κ1) is 27.4. The van der Waals surface area contributed by atoms with Gasteiger partial charge in [0.05, 0.1) is 23.3 Å². The van der Waals surface area contributed by atoms with E-state index in [0.717, 1.165) is 0 Å². The van der Waals surface area contributed by atoms with Gasteiger partial charge < -0.3 is 5.73 Å². The molecule has 0 saturated heterocycles. The third kappa shape index (κ3) is 6.94. The number of hydrogen-bond donors (Lipinski definition) is 5. The van der Waals surface area contributed by atoms with Crippen LogP contribution in [0.25, 0.3) is 6.08 Å². The number of aromatic nitrogens is 1. The summed E-state index contributed by atoms with van der Waals surface area (Å²) in [5.74, 6) is 1.36. The number of hydroxylamine groups is 1. The van der Waals surface area contributed by atoms with Gasteiger partial charge in [0.1, 0.15) is 0 Å². The predicted molar refractivity (Wildman–Crippen MR) is 123 cm³/mol. The van der Waals surface area contributed by atoms with Crippen LogP contribution in [0.1, 0.15) is 53.0 Å². The van der Waals surface area contributed by atoms with Gasteiger partial charge in [-0.15, -0.1) is 0 Å². The molecular formula is C23H37N5O4. The fraction of sp³-hybridized carbons (Fsp3) is 0.565. The molecule has 1 heterocycles. The molecule has 0 fully saturated rings. The standard InChI is InChI=1S/C23H37N5O4/c1-14(2)11-18(21(30)27-25)19(22(31)28-32)23(12-15(3)4,20(29)16(5)24)9-8-17-7-6-10-26-13-17/h6-10,13-16,18-19,32H,11-12,24-25H2,1-5H3,(H,27,30)(H,28,31)/b9-8+/t16-,18-,19-,23?/m1/s1. The Bertz CT molecular complexity index is 795. The number of nitrogens with zero attached hydrogens (tertiary/aromatic N) is 1. The minimum atomic E-state index is -1.48. The molecule has 0 aliphatic rings. The van der Waals surface area contributed by atoms with Crippen molar-refractivity contribution in [3.63, 3.8) is 0 Å². The summed E-state index contributed by atoms with van der Waals surface area (Å²) in [4.78, 5) is 43.7. The smallest absolute Gasteiger partial charge is 0.248 e. The van der Waals surface area contributed by atoms with Crippen molar-refractivity contribution in [3.8, 4) is 0 Å². The highest BCUT2D eigenvalue weighted by molar-refractivity contribution is 5.99. The highest BCUT2D eigenvalue weighted by atomic mass is 16.5. The van der Waals surface area contributed by atoms with Gasteiger partial charge in [-0.1, -0.05) is 45.9 Å². The topological polar surface area (TPSA) is 160 Å². The maximum Gasteiger partial charge on any atom is 0.248 e. The van der Waals surface area contributed by atoms with E-state index in [1.165, 1.54) is 0 Å². The average Bonchev–Trinajstić information content (AvgIpc) is 2.75. The molecule has 2 amide bonds. The van der Waals surface area contributed by atoms with Crippen LogP contribution in [0.5, 0.6) is 0 Å². The Kier molecular flexibility index (Phi) is 10.6. The monoisotopic (exact) mass is 447 g/mol. The minimum absolute atomic E-state index is 0.00995. The lowest BCUT2D eigenvalue weighted by Crippen LogP contribution is -2.56. The quantitative estimate of drug-likeness (QED) is 0.141. The summed E-state index contributed by atoms with van der Waals surface area (Å²) in [6.07, 6.45) is 7.07. The van der Waals surface area contributed by atoms with Crippen molar-refractivity contribution >= 4 is 23.7 Å². The highest BCUT2D eigenvalue weighted by Crippen LogP contribution is 2.44. The zero-order valence-electron chi connectivity index (χ0n) is 19.5. The van der Waals surface area contributed by atoms with Crippen molar-refractivity contribution in [2.45, 2.75) is 53.5 Å². The van der Waals surface area contributed by atoms with E-state index in [1.54, 1.807) is 49.1 Å². The van der Waals surface area contributed by atoms with Crippen LogP contribution in [0.2, 0.25) is 0 Å². The molecule has 9 nitrogen and oxygen atoms in total. The first-order chi connectivity index (χ1) is 15.0. The van der Waals surface area contributed by atoms with Gasteiger partial charge in [-0.05, 0) is 43.2 Å². The number of Topliss-reactive ketones (excluding diaryl/α,β-unsaturated/α-hetero) is 1. The number of allylic oxidation sites excluding steroid dienone is 1. The zero-order chi connectivity index (χ0) is 24.5. The molecule has 0 saturated carbocycles. The van der Waals surface area contributed by atoms with Crippen molar-refractivity contribution < 1.29 is 19.6 Å². The normalized spacial score (nSPS) is 16.4. The van der Waals surface area contributed by atoms with E-state index in [4.69, 9.17) is 11.6 Å². The molecule has 4 atom stereocenters. The summed E-state index contributed by atoms with van der Waals surface area (Å²) >= 11 is 0. The Labute approximate surface area is 190 Å². The van der Waals surface area contributed by atoms with Crippen molar-refractivity contribution in [3.05, 3.63) is 36.2 Å². The van der Waals surface area contributed by atoms with Crippen LogP contribution >= 0.6 is 0 Å². The van der Waals surface area contributed by atoms with Gasteiger partial charge in [-0.25, -0.2) is 11.3 Å². The Hall–Kier alpha value is -2.62. The van der Waals surface area contributed by atoms with Crippen LogP contribution in [0, 0.1) is 29.1 Å². The SMILES string of the molecule is CC(C)C[C@@H](C(=O)NN)[C@H](C(=O)NO)C(/C=C/c1cccnc1)(CC(C)C)C(=O)[C@@H](C)N. The lowest BCUT2D eigenvalue weighted by Gasteiger charge is -2.42. The van der Waals surface area contributed by atoms with Crippen LogP contribution in [0.4, 0.5) is 0 Å². The number of nitrogens with one attached hydrogen (secondary N) is 2. The number of carbonyl (C=O) groups is 3. The Balaban J connectivity index is 3.88. The van der Waals surface area contributed by atoms with Gasteiger partial charge in [-0.2, -0.15) is 0 Å². The second kappa shape index (κ2) is 12.4. The first-order valence-electron chi connectivity index (χ1n) is 10.8. The van der Waals surface area contributed by atoms with Crippen LogP contribution < -0.4 is 22.5 Å². The maximum atomic E-state index is 13.7. The molecule has 0 aliphatic carbocycles. The van der Waals surface area contributed by atoms with Gasteiger partial charge in [-0.3, -0.25) is 30.0 Å². The fourth-order valence-electron chi connectivity index (χ4n) is 4.31. The number of pyridine rings is 1. The third-order valence-electron chi connectivity index (χ3n) is 5.43. The zero-order valence-corrected chi connectivity index (χ0v) is 19.5. The molecule has 1 unspecified atom stereocenters. The number of amides is 2. The molecule has 0 aromatic carbocycles. The summed E-state index contributed by atoms with van der Waals surface area (Å²) < 4.78 is 0. The van der Waals surface area contributed by atoms with Gasteiger partial charge in [0.15, 0.2) is 5.78 Å². The van der Waals surface area contributed by atoms with Crippen LogP contribution in [0.3, 0.4) is 0 Å². The summed E-state index contributed by atoms with van der Waals surface area (Å²) in [6, 6.07) is 2.64. The minimum Gasteiger partial charge on any atom is -0.322 e. The Morgan fingerprint density at radius 3 is 2.25 bits per heavy atom. The summed E-state index contributed by atoms with van der Waals surface area (Å²) in [6.45, 7) is 9.16. The molecule has 32 heavy (non-hydrogen) atoms. The third-order valence-corrected chi connectivity index (χ3v) is 5.43. The molecule has 9 heteroatoms. The first-order valence-corrected chi connectivity index (χ1v) is 10.8. The number of hydrazine groups is 1. The molecule has 0 aliphatic heterocycles. The van der Waals surface area contributed by atoms with E-state index in [9.17, 15) is 19.6 Å². The molecule has 0 bridgehead atoms. The van der Waals surface area contributed by atoms with Gasteiger partial charge >= 0.3 is 0 Å². The average molecular weight is 448 g/mol. The van der Waals surface area contributed by atoms with Crippen molar-refractivity contribution in [1.29, 1.82) is 0 Å². The second-order valence-corrected chi connectivity index (χ2v) is 9.11. The van der Waals surface area contributed by atoms with E-state index >= 15 is 0 Å². The summed E-state index contributed by atoms with van der Waals surface area (Å²) in [7, 11) is 0. The van der Waals surface area contributed by atoms with Crippen LogP contribution in [-0.2, 0) is 14.4 Å². The molecule has 0 spiro atoms. The maximum absolute atomic E-state index is 13.7. The van der Waals surface area contributed by atoms with Crippen molar-refractivity contribution in [1.82, 2.24) is 15.9 Å². The summed E-state index contributed by atoms with van der Waals surface area (Å²) in [5, 5.41) is 9.61. The number of rotatable bonds is 12. The van der Waals surface area contributed by atoms with Crippen LogP contribution in [-0.4, -0.2) is 33.8 Å². The molecule has 0 radical (unpaired) electrons. The molecule has 1 aromatic rings. The number of carbonyl (C=O) groups excluding carboxylic acids is 3. The van der Waals surface area contributed by atoms with E-state index < -0.39 is 40.9 Å².